The molecule has 0 saturated carbocycles. The maximum Gasteiger partial charge on any atom is 0.240 e. The molecule has 2 N–H and O–H groups in total. The number of nitrogens with zero attached hydrogens (tertiary/aromatic N) is 1. The molecular weight excluding hydrogens is 127 g/mol. The van der Waals surface area contributed by atoms with Gasteiger partial charge in [-0.1, -0.05) is 4.68 Å². The van der Waals surface area contributed by atoms with Gasteiger partial charge >= 0.3 is 0 Å². The van der Waals surface area contributed by atoms with Crippen molar-refractivity contribution in [3.8, 4) is 5.75 Å². The van der Waals surface area contributed by atoms with Crippen molar-refractivity contribution in [2.24, 2.45) is 0 Å². The second kappa shape index (κ2) is 2.60. The number of ether oxygens (including phenoxy) is 1. The van der Waals surface area contributed by atoms with E-state index in [4.69, 9.17) is 18.4 Å². The summed E-state index contributed by atoms with van der Waals surface area (Å²) in [6.07, 6.45) is 3.24. The maximum atomic E-state index is 5.45. The first-order chi connectivity index (χ1) is 4.72. The summed E-state index contributed by atoms with van der Waals surface area (Å²) in [6.45, 7) is 0. The lowest BCUT2D eigenvalue weighted by Crippen LogP contribution is -2.46. The molecule has 4 heteroatoms. The van der Waals surface area contributed by atoms with Gasteiger partial charge in [0.25, 0.3) is 0 Å². The molecule has 0 aromatic carbocycles. The average Bonchev–Trinajstić information content (AvgIpc) is 1.85. The van der Waals surface area contributed by atoms with Crippen molar-refractivity contribution in [3.63, 3.8) is 0 Å². The molecule has 0 aliphatic rings. The molecule has 0 bridgehead atoms. The lowest BCUT2D eigenvalue weighted by molar-refractivity contribution is -0.638. The average molecular weight is 135 g/mol. The first-order valence-corrected chi connectivity index (χ1v) is 2.83. The summed E-state index contributed by atoms with van der Waals surface area (Å²) in [5.41, 5.74) is 0.585. The molecule has 1 aromatic rings. The fourth-order valence-electron chi connectivity index (χ4n) is 0.707. The van der Waals surface area contributed by atoms with Crippen LogP contribution in [0, 0.1) is 0 Å². The number of pyridine rings is 1. The fourth-order valence-corrected chi connectivity index (χ4v) is 0.707. The highest BCUT2D eigenvalue weighted by molar-refractivity contribution is 6.32. The summed E-state index contributed by atoms with van der Waals surface area (Å²) in [6, 6.07) is 1.70. The Balaban J connectivity index is 3.06. The minimum atomic E-state index is 0.585. The highest BCUT2D eigenvalue weighted by Gasteiger charge is 1.99. The van der Waals surface area contributed by atoms with Gasteiger partial charge in [0.1, 0.15) is 7.85 Å². The normalized spacial score (nSPS) is 9.30. The lowest BCUT2D eigenvalue weighted by atomic mass is 9.99. The summed E-state index contributed by atoms with van der Waals surface area (Å²) in [5, 5.41) is 0. The van der Waals surface area contributed by atoms with E-state index in [2.05, 4.69) is 0 Å². The molecule has 10 heavy (non-hydrogen) atoms. The Morgan fingerprint density at radius 3 is 2.80 bits per heavy atom. The van der Waals surface area contributed by atoms with E-state index in [1.807, 2.05) is 0 Å². The molecule has 0 atom stereocenters. The van der Waals surface area contributed by atoms with Gasteiger partial charge in [0.05, 0.1) is 7.11 Å². The lowest BCUT2D eigenvalue weighted by Gasteiger charge is -1.96. The molecule has 0 aliphatic carbocycles. The van der Waals surface area contributed by atoms with Crippen molar-refractivity contribution in [1.29, 1.82) is 0 Å². The Bertz CT molecular complexity index is 219. The number of hydrogen-bond acceptors (Lipinski definition) is 2. The van der Waals surface area contributed by atoms with E-state index in [1.165, 1.54) is 4.68 Å². The summed E-state index contributed by atoms with van der Waals surface area (Å²) < 4.78 is 6.25. The summed E-state index contributed by atoms with van der Waals surface area (Å²) >= 11 is 0. The summed E-state index contributed by atoms with van der Waals surface area (Å²) in [4.78, 5) is 0. The van der Waals surface area contributed by atoms with Crippen molar-refractivity contribution in [2.75, 3.05) is 13.0 Å². The number of aromatic nitrogens is 1. The van der Waals surface area contributed by atoms with Gasteiger partial charge in [0, 0.05) is 0 Å². The van der Waals surface area contributed by atoms with Crippen LogP contribution >= 0.6 is 0 Å². The second-order valence-corrected chi connectivity index (χ2v) is 1.96. The standard InChI is InChI=1S/C6H8BN2O/c1-10-6-2-5(7)3-9(8)4-6/h2-4H,8H2,1H3/q+1. The Kier molecular flexibility index (Phi) is 1.80. The van der Waals surface area contributed by atoms with Crippen molar-refractivity contribution in [2.45, 2.75) is 0 Å². The van der Waals surface area contributed by atoms with E-state index < -0.39 is 0 Å². The Labute approximate surface area is 60.8 Å². The summed E-state index contributed by atoms with van der Waals surface area (Å²) in [7, 11) is 7.02. The van der Waals surface area contributed by atoms with Gasteiger partial charge in [0.2, 0.25) is 6.20 Å². The zero-order valence-corrected chi connectivity index (χ0v) is 5.74. The van der Waals surface area contributed by atoms with E-state index in [-0.39, 0.29) is 0 Å². The van der Waals surface area contributed by atoms with Crippen LogP contribution in [0.25, 0.3) is 0 Å². The third-order valence-corrected chi connectivity index (χ3v) is 1.12. The molecule has 50 valence electrons. The quantitative estimate of drug-likeness (QED) is 0.289. The van der Waals surface area contributed by atoms with Crippen LogP contribution in [0.4, 0.5) is 0 Å². The molecular formula is C6H8BN2O+. The van der Waals surface area contributed by atoms with Crippen molar-refractivity contribution >= 4 is 13.3 Å². The van der Waals surface area contributed by atoms with Gasteiger partial charge in [-0.15, -0.1) is 0 Å². The molecule has 1 heterocycles. The molecule has 0 amide bonds. The molecule has 0 saturated heterocycles. The van der Waals surface area contributed by atoms with E-state index in [0.29, 0.717) is 11.2 Å². The van der Waals surface area contributed by atoms with Gasteiger partial charge < -0.3 is 4.74 Å². The minimum absolute atomic E-state index is 0.585. The molecule has 0 spiro atoms. The number of nitrogen functional groups attached to an aromatic ring is 1. The van der Waals surface area contributed by atoms with E-state index >= 15 is 0 Å². The monoisotopic (exact) mass is 135 g/mol. The van der Waals surface area contributed by atoms with Gasteiger partial charge in [-0.3, -0.25) is 0 Å². The smallest absolute Gasteiger partial charge is 0.240 e. The molecule has 0 unspecified atom stereocenters. The zero-order valence-electron chi connectivity index (χ0n) is 5.74. The first kappa shape index (κ1) is 6.93. The van der Waals surface area contributed by atoms with E-state index in [9.17, 15) is 0 Å². The van der Waals surface area contributed by atoms with Gasteiger partial charge in [-0.25, -0.2) is 5.84 Å². The van der Waals surface area contributed by atoms with Crippen LogP contribution in [-0.2, 0) is 0 Å². The summed E-state index contributed by atoms with van der Waals surface area (Å²) in [5.74, 6) is 6.05. The minimum Gasteiger partial charge on any atom is -0.491 e. The van der Waals surface area contributed by atoms with Gasteiger partial charge in [0.15, 0.2) is 11.9 Å². The fraction of sp³-hybridized carbons (Fsp3) is 0.167. The van der Waals surface area contributed by atoms with E-state index in [0.717, 1.165) is 0 Å². The van der Waals surface area contributed by atoms with Crippen LogP contribution in [0.15, 0.2) is 18.5 Å². The predicted octanol–water partition coefficient (Wildman–Crippen LogP) is -1.51. The molecule has 1 aromatic heterocycles. The topological polar surface area (TPSA) is 39.1 Å². The van der Waals surface area contributed by atoms with Crippen LogP contribution in [-0.4, -0.2) is 15.0 Å². The van der Waals surface area contributed by atoms with Crippen LogP contribution in [0.2, 0.25) is 0 Å². The van der Waals surface area contributed by atoms with E-state index in [1.54, 1.807) is 25.6 Å². The van der Waals surface area contributed by atoms with Gasteiger partial charge in [-0.05, 0) is 11.5 Å². The molecule has 0 fully saturated rings. The van der Waals surface area contributed by atoms with Crippen molar-refractivity contribution in [3.05, 3.63) is 18.5 Å². The molecule has 0 aliphatic heterocycles. The van der Waals surface area contributed by atoms with Crippen LogP contribution in [0.3, 0.4) is 0 Å². The predicted molar refractivity (Wildman–Crippen MR) is 38.7 cm³/mol. The number of rotatable bonds is 1. The molecule has 2 radical (unpaired) electrons. The van der Waals surface area contributed by atoms with Gasteiger partial charge in [-0.2, -0.15) is 0 Å². The number of nitrogens with two attached hydrogens (primary N) is 1. The zero-order chi connectivity index (χ0) is 7.56. The van der Waals surface area contributed by atoms with Crippen LogP contribution in [0.5, 0.6) is 5.75 Å². The Morgan fingerprint density at radius 1 is 1.60 bits per heavy atom. The van der Waals surface area contributed by atoms with Crippen LogP contribution in [0.1, 0.15) is 0 Å². The third kappa shape index (κ3) is 1.40. The Morgan fingerprint density at radius 2 is 2.30 bits per heavy atom. The molecule has 1 rings (SSSR count). The largest absolute Gasteiger partial charge is 0.491 e. The second-order valence-electron chi connectivity index (χ2n) is 1.96. The highest BCUT2D eigenvalue weighted by Crippen LogP contribution is 1.99. The molecule has 3 nitrogen and oxygen atoms in total. The highest BCUT2D eigenvalue weighted by atomic mass is 16.5. The Hall–Kier alpha value is -1.19. The van der Waals surface area contributed by atoms with Crippen LogP contribution < -0.4 is 20.7 Å². The number of methoxy groups -OCH3 is 1. The third-order valence-electron chi connectivity index (χ3n) is 1.12. The first-order valence-electron chi connectivity index (χ1n) is 2.83. The number of hydrogen-bond donors (Lipinski definition) is 1. The van der Waals surface area contributed by atoms with Crippen molar-refractivity contribution in [1.82, 2.24) is 0 Å². The SMILES string of the molecule is [B]c1cc(OC)c[n+](N)c1. The van der Waals surface area contributed by atoms with Crippen molar-refractivity contribution < 1.29 is 9.41 Å². The maximum absolute atomic E-state index is 5.45.